The van der Waals surface area contributed by atoms with Crippen LogP contribution < -0.4 is 5.32 Å². The van der Waals surface area contributed by atoms with Gasteiger partial charge in [-0.3, -0.25) is 4.79 Å². The van der Waals surface area contributed by atoms with E-state index in [0.717, 1.165) is 44.7 Å². The van der Waals surface area contributed by atoms with Crippen LogP contribution in [0, 0.1) is 12.8 Å². The van der Waals surface area contributed by atoms with Gasteiger partial charge < -0.3 is 19.5 Å². The molecule has 0 spiro atoms. The van der Waals surface area contributed by atoms with Crippen molar-refractivity contribution >= 4 is 5.91 Å². The first kappa shape index (κ1) is 15.4. The Morgan fingerprint density at radius 3 is 3.09 bits per heavy atom. The predicted molar refractivity (Wildman–Crippen MR) is 79.2 cm³/mol. The third-order valence-corrected chi connectivity index (χ3v) is 4.45. The average Bonchev–Trinajstić information content (AvgIpc) is 2.92. The second kappa shape index (κ2) is 6.75. The van der Waals surface area contributed by atoms with Gasteiger partial charge in [-0.25, -0.2) is 0 Å². The van der Waals surface area contributed by atoms with Crippen molar-refractivity contribution < 1.29 is 14.1 Å². The average molecular weight is 308 g/mol. The molecule has 0 saturated carbocycles. The molecule has 2 fully saturated rings. The van der Waals surface area contributed by atoms with Crippen LogP contribution in [0.3, 0.4) is 0 Å². The van der Waals surface area contributed by atoms with E-state index in [0.29, 0.717) is 18.4 Å². The topological polar surface area (TPSA) is 80.5 Å². The number of carbonyl (C=O) groups excluding carboxylic acids is 1. The number of piperidine rings is 1. The Morgan fingerprint density at radius 2 is 2.36 bits per heavy atom. The zero-order chi connectivity index (χ0) is 15.5. The van der Waals surface area contributed by atoms with Crippen LogP contribution >= 0.6 is 0 Å². The molecule has 1 unspecified atom stereocenters. The summed E-state index contributed by atoms with van der Waals surface area (Å²) in [4.78, 5) is 18.9. The highest BCUT2D eigenvalue weighted by Gasteiger charge is 2.34. The summed E-state index contributed by atoms with van der Waals surface area (Å²) in [7, 11) is 0. The van der Waals surface area contributed by atoms with Gasteiger partial charge >= 0.3 is 0 Å². The lowest BCUT2D eigenvalue weighted by molar-refractivity contribution is -0.141. The van der Waals surface area contributed by atoms with Crippen LogP contribution in [0.1, 0.15) is 31.5 Å². The molecule has 7 nitrogen and oxygen atoms in total. The number of aryl methyl sites for hydroxylation is 1. The molecule has 3 atom stereocenters. The zero-order valence-electron chi connectivity index (χ0n) is 13.2. The first-order valence-electron chi connectivity index (χ1n) is 8.06. The van der Waals surface area contributed by atoms with Crippen molar-refractivity contribution in [2.24, 2.45) is 5.92 Å². The van der Waals surface area contributed by atoms with Gasteiger partial charge in [-0.05, 0) is 25.7 Å². The summed E-state index contributed by atoms with van der Waals surface area (Å²) in [5.41, 5.74) is 0. The van der Waals surface area contributed by atoms with Gasteiger partial charge in [0.25, 0.3) is 0 Å². The fourth-order valence-electron chi connectivity index (χ4n) is 3.32. The van der Waals surface area contributed by atoms with Crippen LogP contribution in [-0.2, 0) is 16.0 Å². The number of ether oxygens (including phenoxy) is 1. The molecule has 1 amide bonds. The van der Waals surface area contributed by atoms with Gasteiger partial charge in [-0.15, -0.1) is 0 Å². The highest BCUT2D eigenvalue weighted by atomic mass is 16.5. The van der Waals surface area contributed by atoms with Crippen LogP contribution in [0.2, 0.25) is 0 Å². The van der Waals surface area contributed by atoms with E-state index in [4.69, 9.17) is 9.26 Å². The number of hydrogen-bond donors (Lipinski definition) is 1. The summed E-state index contributed by atoms with van der Waals surface area (Å²) in [6.45, 7) is 6.75. The zero-order valence-corrected chi connectivity index (χ0v) is 13.2. The minimum Gasteiger partial charge on any atom is -0.375 e. The molecule has 2 aliphatic heterocycles. The summed E-state index contributed by atoms with van der Waals surface area (Å²) in [5, 5.41) is 7.24. The minimum absolute atomic E-state index is 0.0681. The molecule has 0 radical (unpaired) electrons. The number of likely N-dealkylation sites (tertiary alicyclic amines) is 1. The molecule has 0 bridgehead atoms. The quantitative estimate of drug-likeness (QED) is 0.877. The van der Waals surface area contributed by atoms with Gasteiger partial charge in [0.05, 0.1) is 12.7 Å². The van der Waals surface area contributed by atoms with Gasteiger partial charge in [0, 0.05) is 33.0 Å². The van der Waals surface area contributed by atoms with Gasteiger partial charge in [0.15, 0.2) is 5.82 Å². The van der Waals surface area contributed by atoms with Gasteiger partial charge in [-0.1, -0.05) is 5.16 Å². The van der Waals surface area contributed by atoms with E-state index in [-0.39, 0.29) is 18.1 Å². The number of nitrogens with zero attached hydrogens (tertiary/aromatic N) is 3. The van der Waals surface area contributed by atoms with E-state index >= 15 is 0 Å². The maximum atomic E-state index is 12.7. The van der Waals surface area contributed by atoms with Crippen molar-refractivity contribution in [1.29, 1.82) is 0 Å². The number of amides is 1. The SMILES string of the molecule is Cc1nc(CC2CCCN(C(=O)[C@H]3NCCO[C@@H]3C)C2)no1. The molecule has 2 aliphatic rings. The molecule has 7 heteroatoms. The maximum Gasteiger partial charge on any atom is 0.242 e. The lowest BCUT2D eigenvalue weighted by atomic mass is 9.93. The summed E-state index contributed by atoms with van der Waals surface area (Å²) in [5.74, 6) is 1.89. The number of aromatic nitrogens is 2. The Balaban J connectivity index is 1.58. The van der Waals surface area contributed by atoms with Crippen LogP contribution in [0.15, 0.2) is 4.52 Å². The number of rotatable bonds is 3. The Labute approximate surface area is 130 Å². The normalized spacial score (nSPS) is 29.5. The fourth-order valence-corrected chi connectivity index (χ4v) is 3.32. The number of morpholine rings is 1. The first-order chi connectivity index (χ1) is 10.6. The van der Waals surface area contributed by atoms with E-state index in [9.17, 15) is 4.79 Å². The van der Waals surface area contributed by atoms with Crippen LogP contribution in [-0.4, -0.2) is 59.3 Å². The van der Waals surface area contributed by atoms with Crippen molar-refractivity contribution in [3.8, 4) is 0 Å². The van der Waals surface area contributed by atoms with E-state index in [1.54, 1.807) is 6.92 Å². The third-order valence-electron chi connectivity index (χ3n) is 4.45. The Kier molecular flexibility index (Phi) is 4.73. The van der Waals surface area contributed by atoms with Gasteiger partial charge in [-0.2, -0.15) is 4.98 Å². The Bertz CT molecular complexity index is 519. The molecule has 3 heterocycles. The second-order valence-corrected chi connectivity index (χ2v) is 6.23. The molecule has 1 aromatic rings. The van der Waals surface area contributed by atoms with Crippen molar-refractivity contribution in [2.75, 3.05) is 26.2 Å². The van der Waals surface area contributed by atoms with E-state index in [1.807, 2.05) is 11.8 Å². The summed E-state index contributed by atoms with van der Waals surface area (Å²) in [6, 6.07) is -0.222. The van der Waals surface area contributed by atoms with Crippen LogP contribution in [0.5, 0.6) is 0 Å². The molecule has 1 N–H and O–H groups in total. The second-order valence-electron chi connectivity index (χ2n) is 6.23. The van der Waals surface area contributed by atoms with E-state index in [1.165, 1.54) is 0 Å². The summed E-state index contributed by atoms with van der Waals surface area (Å²) in [6.07, 6.45) is 2.82. The number of hydrogen-bond acceptors (Lipinski definition) is 6. The van der Waals surface area contributed by atoms with E-state index < -0.39 is 0 Å². The molecule has 122 valence electrons. The molecule has 0 aliphatic carbocycles. The van der Waals surface area contributed by atoms with E-state index in [2.05, 4.69) is 15.5 Å². The monoisotopic (exact) mass is 308 g/mol. The lowest BCUT2D eigenvalue weighted by Crippen LogP contribution is -2.57. The highest BCUT2D eigenvalue weighted by molar-refractivity contribution is 5.82. The fraction of sp³-hybridized carbons (Fsp3) is 0.800. The van der Waals surface area contributed by atoms with Crippen molar-refractivity contribution in [3.05, 3.63) is 11.7 Å². The summed E-state index contributed by atoms with van der Waals surface area (Å²) < 4.78 is 10.6. The minimum atomic E-state index is -0.222. The van der Waals surface area contributed by atoms with Crippen LogP contribution in [0.4, 0.5) is 0 Å². The predicted octanol–water partition coefficient (Wildman–Crippen LogP) is 0.536. The molecule has 22 heavy (non-hydrogen) atoms. The molecule has 2 saturated heterocycles. The molecular weight excluding hydrogens is 284 g/mol. The number of nitrogens with one attached hydrogen (secondary N) is 1. The molecule has 1 aromatic heterocycles. The standard InChI is InChI=1S/C15H24N4O3/c1-10-14(16-5-7-21-10)15(20)19-6-3-4-12(9-19)8-13-17-11(2)22-18-13/h10,12,14,16H,3-9H2,1-2H3/t10-,12?,14+/m1/s1. The highest BCUT2D eigenvalue weighted by Crippen LogP contribution is 2.21. The van der Waals surface area contributed by atoms with Crippen LogP contribution in [0.25, 0.3) is 0 Å². The number of carbonyl (C=O) groups is 1. The Morgan fingerprint density at radius 1 is 1.50 bits per heavy atom. The maximum absolute atomic E-state index is 12.7. The Hall–Kier alpha value is -1.47. The first-order valence-corrected chi connectivity index (χ1v) is 8.06. The van der Waals surface area contributed by atoms with Crippen molar-refractivity contribution in [2.45, 2.75) is 45.3 Å². The van der Waals surface area contributed by atoms with Gasteiger partial charge in [0.1, 0.15) is 6.04 Å². The molecule has 0 aromatic carbocycles. The van der Waals surface area contributed by atoms with Gasteiger partial charge in [0.2, 0.25) is 11.8 Å². The molecular formula is C15H24N4O3. The third kappa shape index (κ3) is 3.47. The van der Waals surface area contributed by atoms with Crippen molar-refractivity contribution in [3.63, 3.8) is 0 Å². The molecule has 3 rings (SSSR count). The largest absolute Gasteiger partial charge is 0.375 e. The smallest absolute Gasteiger partial charge is 0.242 e. The van der Waals surface area contributed by atoms with Crippen molar-refractivity contribution in [1.82, 2.24) is 20.4 Å². The summed E-state index contributed by atoms with van der Waals surface area (Å²) >= 11 is 0. The lowest BCUT2D eigenvalue weighted by Gasteiger charge is -2.37.